The van der Waals surface area contributed by atoms with Gasteiger partial charge in [0.25, 0.3) is 0 Å². The molecule has 0 amide bonds. The van der Waals surface area contributed by atoms with Crippen LogP contribution < -0.4 is 5.32 Å². The van der Waals surface area contributed by atoms with Crippen LogP contribution in [0.5, 0.6) is 0 Å². The number of nitrogens with one attached hydrogen (secondary N) is 1. The van der Waals surface area contributed by atoms with Crippen LogP contribution in [0.15, 0.2) is 89.6 Å². The van der Waals surface area contributed by atoms with Gasteiger partial charge in [-0.25, -0.2) is 4.79 Å². The van der Waals surface area contributed by atoms with Crippen molar-refractivity contribution in [2.45, 2.75) is 191 Å². The van der Waals surface area contributed by atoms with E-state index in [-0.39, 0.29) is 67.0 Å². The van der Waals surface area contributed by atoms with Gasteiger partial charge in [0.1, 0.15) is 35.9 Å². The highest BCUT2D eigenvalue weighted by atomic mass is 16.7. The number of carboxylic acids is 1. The molecule has 72 heavy (non-hydrogen) atoms. The normalized spacial score (nSPS) is 42.9. The Morgan fingerprint density at radius 3 is 2.26 bits per heavy atom. The molecule has 4 saturated heterocycles. The highest BCUT2D eigenvalue weighted by molar-refractivity contribution is 5.87. The molecule has 1 aromatic carbocycles. The fraction of sp³-hybridized carbons (Fsp3) is 0.679. The van der Waals surface area contributed by atoms with Gasteiger partial charge in [-0.2, -0.15) is 0 Å². The number of aromatic carboxylic acids is 1. The van der Waals surface area contributed by atoms with Gasteiger partial charge in [-0.3, -0.25) is 4.79 Å². The van der Waals surface area contributed by atoms with Gasteiger partial charge in [0.05, 0.1) is 60.9 Å². The Balaban J connectivity index is 0.000000761. The van der Waals surface area contributed by atoms with Crippen LogP contribution in [0.1, 0.15) is 104 Å². The lowest BCUT2D eigenvalue weighted by Gasteiger charge is -2.48. The molecule has 0 radical (unpaired) electrons. The number of aliphatic hydroxyl groups excluding tert-OH is 1. The van der Waals surface area contributed by atoms with E-state index < -0.39 is 72.3 Å². The van der Waals surface area contributed by atoms with E-state index in [2.05, 4.69) is 52.1 Å². The van der Waals surface area contributed by atoms with Gasteiger partial charge < -0.3 is 68.0 Å². The van der Waals surface area contributed by atoms with Gasteiger partial charge in [-0.05, 0) is 82.0 Å². The summed E-state index contributed by atoms with van der Waals surface area (Å²) in [5.41, 5.74) is 0.511. The molecule has 7 aliphatic rings. The maximum atomic E-state index is 14.4. The fourth-order valence-corrected chi connectivity index (χ4v) is 11.6. The molecule has 4 fully saturated rings. The number of ether oxygens (including phenoxy) is 10. The summed E-state index contributed by atoms with van der Waals surface area (Å²) in [5.74, 6) is -3.39. The molecular formula is C56H81NO15. The molecule has 2 bridgehead atoms. The standard InChI is InChI=1S/C49H75NO13.C7H6O2/c1-12-26(2)44-29(5)18-19-48(63-44)24-35-21-34(62-48)17-16-28(4)43(27(3)14-13-15-33-25-56-46-42(51)30(6)20-36(47(52)59-35)49(33,46)53)60-40-23-38(55-11)45(32(8)58-40)61-39-22-37(54-10)41(50-9)31(7)57-39;8-7(9)6-4-2-1-3-5-6/h13-16,18-20,26-27,29,31-32,34-46,50-51,53H,12,17,21-25H2,1-11H3;1-5H,(H,8,9)/b14-13-,28-16-,33-15?;. The highest BCUT2D eigenvalue weighted by Crippen LogP contribution is 2.47. The Morgan fingerprint density at radius 2 is 1.60 bits per heavy atom. The van der Waals surface area contributed by atoms with Crippen molar-refractivity contribution in [1.82, 2.24) is 5.32 Å². The number of hydrogen-bond donors (Lipinski definition) is 4. The molecule has 0 saturated carbocycles. The summed E-state index contributed by atoms with van der Waals surface area (Å²) in [7, 11) is 5.30. The predicted molar refractivity (Wildman–Crippen MR) is 268 cm³/mol. The molecule has 400 valence electrons. The number of carbonyl (C=O) groups is 2. The van der Waals surface area contributed by atoms with Crippen LogP contribution in [0.25, 0.3) is 0 Å². The fourth-order valence-electron chi connectivity index (χ4n) is 11.6. The molecule has 6 heterocycles. The molecule has 0 aromatic heterocycles. The Labute approximate surface area is 426 Å². The quantitative estimate of drug-likeness (QED) is 0.138. The van der Waals surface area contributed by atoms with Gasteiger partial charge >= 0.3 is 11.9 Å². The van der Waals surface area contributed by atoms with Crippen LogP contribution >= 0.6 is 0 Å². The number of fused-ring (bicyclic) bond motifs is 2. The third-order valence-corrected chi connectivity index (χ3v) is 15.9. The zero-order chi connectivity index (χ0) is 52.1. The van der Waals surface area contributed by atoms with E-state index in [4.69, 9.17) is 52.5 Å². The van der Waals surface area contributed by atoms with E-state index in [1.54, 1.807) is 63.6 Å². The molecule has 16 nitrogen and oxygen atoms in total. The third kappa shape index (κ3) is 12.4. The predicted octanol–water partition coefficient (Wildman–Crippen LogP) is 6.99. The second kappa shape index (κ2) is 24.4. The third-order valence-electron chi connectivity index (χ3n) is 15.9. The van der Waals surface area contributed by atoms with Gasteiger partial charge in [0.15, 0.2) is 18.4 Å². The Bertz CT molecular complexity index is 2140. The lowest BCUT2D eigenvalue weighted by atomic mass is 9.71. The van der Waals surface area contributed by atoms with Crippen LogP contribution in [0.3, 0.4) is 0 Å². The van der Waals surface area contributed by atoms with Gasteiger partial charge in [0.2, 0.25) is 0 Å². The number of methoxy groups -OCH3 is 2. The molecule has 6 aliphatic heterocycles. The highest BCUT2D eigenvalue weighted by Gasteiger charge is 2.60. The molecule has 20 atom stereocenters. The zero-order valence-electron chi connectivity index (χ0n) is 44.0. The molecule has 16 heteroatoms. The van der Waals surface area contributed by atoms with E-state index in [0.29, 0.717) is 48.8 Å². The summed E-state index contributed by atoms with van der Waals surface area (Å²) < 4.78 is 64.6. The van der Waals surface area contributed by atoms with E-state index in [1.165, 1.54) is 0 Å². The van der Waals surface area contributed by atoms with Gasteiger partial charge in [-0.1, -0.05) is 88.8 Å². The minimum Gasteiger partial charge on any atom is -0.478 e. The number of esters is 1. The Morgan fingerprint density at radius 1 is 0.903 bits per heavy atom. The molecule has 20 unspecified atom stereocenters. The number of allylic oxidation sites excluding steroid dienone is 2. The minimum atomic E-state index is -1.83. The number of likely N-dealkylation sites (N-methyl/N-ethyl adjacent to an activating group) is 1. The molecule has 4 N–H and O–H groups in total. The molecule has 8 rings (SSSR count). The molecule has 1 aromatic rings. The SMILES string of the molecule is CCC(C)C1OC2(C=CC1C)CC1CC(C/C=C(/C)C(OC3CC(OC)C(OC4CC(OC)C(NC)C(C)O4)C(C)O3)C(C)/C=C\C=C3COC4C(O)C(C)=CC(C(=O)O1)C34O)O2.O=C(O)c1ccccc1. The summed E-state index contributed by atoms with van der Waals surface area (Å²) in [6.45, 7) is 16.4. The Kier molecular flexibility index (Phi) is 19.0. The van der Waals surface area contributed by atoms with Crippen molar-refractivity contribution in [2.24, 2.45) is 23.7 Å². The minimum absolute atomic E-state index is 0.0411. The van der Waals surface area contributed by atoms with Crippen molar-refractivity contribution in [2.75, 3.05) is 27.9 Å². The van der Waals surface area contributed by atoms with Crippen molar-refractivity contribution in [1.29, 1.82) is 0 Å². The maximum Gasteiger partial charge on any atom is 0.335 e. The lowest BCUT2D eigenvalue weighted by molar-refractivity contribution is -0.312. The number of carbonyl (C=O) groups excluding carboxylic acids is 1. The van der Waals surface area contributed by atoms with Crippen LogP contribution in [-0.2, 0) is 52.2 Å². The average molecular weight is 1010 g/mol. The van der Waals surface area contributed by atoms with Crippen molar-refractivity contribution < 1.29 is 72.3 Å². The van der Waals surface area contributed by atoms with Crippen molar-refractivity contribution in [3.05, 3.63) is 95.1 Å². The van der Waals surface area contributed by atoms with Crippen LogP contribution in [-0.4, -0.2) is 152 Å². The van der Waals surface area contributed by atoms with E-state index in [9.17, 15) is 19.8 Å². The second-order valence-corrected chi connectivity index (χ2v) is 21.0. The summed E-state index contributed by atoms with van der Waals surface area (Å²) in [6.07, 6.45) is 10.7. The first kappa shape index (κ1) is 56.1. The van der Waals surface area contributed by atoms with Crippen LogP contribution in [0.4, 0.5) is 0 Å². The number of carboxylic acid groups (broad SMARTS) is 1. The number of rotatable bonds is 10. The van der Waals surface area contributed by atoms with Crippen molar-refractivity contribution >= 4 is 11.9 Å². The molecule has 1 aliphatic carbocycles. The molecule has 1 spiro atoms. The van der Waals surface area contributed by atoms with Crippen LogP contribution in [0, 0.1) is 23.7 Å². The van der Waals surface area contributed by atoms with E-state index in [1.807, 2.05) is 39.1 Å². The van der Waals surface area contributed by atoms with E-state index in [0.717, 1.165) is 12.0 Å². The monoisotopic (exact) mass is 1010 g/mol. The molecular weight excluding hydrogens is 927 g/mol. The first-order chi connectivity index (χ1) is 34.3. The Hall–Kier alpha value is -3.62. The lowest BCUT2D eigenvalue weighted by Crippen LogP contribution is -2.58. The average Bonchev–Trinajstić information content (AvgIpc) is 3.70. The van der Waals surface area contributed by atoms with Gasteiger partial charge in [-0.15, -0.1) is 0 Å². The number of benzene rings is 1. The summed E-state index contributed by atoms with van der Waals surface area (Å²) in [5, 5.41) is 35.4. The first-order valence-electron chi connectivity index (χ1n) is 26.0. The maximum absolute atomic E-state index is 14.4. The first-order valence-corrected chi connectivity index (χ1v) is 26.0. The number of hydrogen-bond acceptors (Lipinski definition) is 15. The smallest absolute Gasteiger partial charge is 0.335 e. The summed E-state index contributed by atoms with van der Waals surface area (Å²) >= 11 is 0. The summed E-state index contributed by atoms with van der Waals surface area (Å²) in [4.78, 5) is 24.6. The van der Waals surface area contributed by atoms with Crippen LogP contribution in [0.2, 0.25) is 0 Å². The topological polar surface area (TPSA) is 199 Å². The van der Waals surface area contributed by atoms with Crippen molar-refractivity contribution in [3.8, 4) is 0 Å². The number of aliphatic hydroxyl groups is 2. The van der Waals surface area contributed by atoms with E-state index >= 15 is 0 Å². The largest absolute Gasteiger partial charge is 0.478 e. The second-order valence-electron chi connectivity index (χ2n) is 21.0. The zero-order valence-corrected chi connectivity index (χ0v) is 44.0. The van der Waals surface area contributed by atoms with Crippen molar-refractivity contribution in [3.63, 3.8) is 0 Å². The van der Waals surface area contributed by atoms with Gasteiger partial charge in [0, 0.05) is 51.7 Å². The summed E-state index contributed by atoms with van der Waals surface area (Å²) in [6, 6.07) is 8.34.